The van der Waals surface area contributed by atoms with Gasteiger partial charge in [-0.15, -0.1) is 23.7 Å². The monoisotopic (exact) mass is 342 g/mol. The van der Waals surface area contributed by atoms with Gasteiger partial charge in [-0.25, -0.2) is 0 Å². The molecule has 1 aromatic rings. The summed E-state index contributed by atoms with van der Waals surface area (Å²) in [6.07, 6.45) is 7.16. The predicted molar refractivity (Wildman–Crippen MR) is 94.9 cm³/mol. The molecule has 2 N–H and O–H groups in total. The number of nitrogens with one attached hydrogen (secondary N) is 2. The number of aryl methyl sites for hydroxylation is 1. The molecule has 1 amide bonds. The van der Waals surface area contributed by atoms with E-state index >= 15 is 0 Å². The van der Waals surface area contributed by atoms with Crippen molar-refractivity contribution in [3.8, 4) is 0 Å². The summed E-state index contributed by atoms with van der Waals surface area (Å²) in [7, 11) is 0. The van der Waals surface area contributed by atoms with Gasteiger partial charge in [-0.3, -0.25) is 4.79 Å². The van der Waals surface area contributed by atoms with E-state index in [2.05, 4.69) is 36.6 Å². The molecule has 3 rings (SSSR count). The van der Waals surface area contributed by atoms with Gasteiger partial charge in [0.15, 0.2) is 0 Å². The molecule has 1 aliphatic heterocycles. The Morgan fingerprint density at radius 2 is 2.18 bits per heavy atom. The lowest BCUT2D eigenvalue weighted by Gasteiger charge is -2.24. The standard InChI is InChI=1S/C17H26N2OS.ClH/c1-11(9-14-8-7-12(2)21-14)18-17(20)16-10-13-5-3-4-6-15(13)19-16;/h7-8,11,13,15-16,19H,3-6,9-10H2,1-2H3,(H,18,20);1H. The number of carbonyl (C=O) groups is 1. The van der Waals surface area contributed by atoms with E-state index in [0.717, 1.165) is 18.8 Å². The van der Waals surface area contributed by atoms with Crippen LogP contribution in [0.2, 0.25) is 0 Å². The molecular weight excluding hydrogens is 316 g/mol. The van der Waals surface area contributed by atoms with Gasteiger partial charge < -0.3 is 10.6 Å². The molecule has 0 bridgehead atoms. The van der Waals surface area contributed by atoms with Crippen molar-refractivity contribution >= 4 is 29.7 Å². The van der Waals surface area contributed by atoms with Crippen molar-refractivity contribution < 1.29 is 4.79 Å². The topological polar surface area (TPSA) is 41.1 Å². The highest BCUT2D eigenvalue weighted by molar-refractivity contribution is 7.11. The molecular formula is C17H27ClN2OS. The van der Waals surface area contributed by atoms with E-state index in [1.165, 1.54) is 35.4 Å². The van der Waals surface area contributed by atoms with Crippen LogP contribution in [0.4, 0.5) is 0 Å². The highest BCUT2D eigenvalue weighted by Crippen LogP contribution is 2.33. The van der Waals surface area contributed by atoms with E-state index in [-0.39, 0.29) is 30.4 Å². The maximum Gasteiger partial charge on any atom is 0.237 e. The van der Waals surface area contributed by atoms with E-state index in [4.69, 9.17) is 0 Å². The highest BCUT2D eigenvalue weighted by atomic mass is 35.5. The van der Waals surface area contributed by atoms with E-state index in [9.17, 15) is 4.79 Å². The van der Waals surface area contributed by atoms with Crippen LogP contribution in [-0.2, 0) is 11.2 Å². The summed E-state index contributed by atoms with van der Waals surface area (Å²) < 4.78 is 0. The number of carbonyl (C=O) groups excluding carboxylic acids is 1. The number of fused-ring (bicyclic) bond motifs is 1. The SMILES string of the molecule is Cc1ccc(CC(C)NC(=O)C2CC3CCCCC3N2)s1.Cl. The lowest BCUT2D eigenvalue weighted by Crippen LogP contribution is -2.46. The molecule has 3 nitrogen and oxygen atoms in total. The van der Waals surface area contributed by atoms with Crippen LogP contribution in [-0.4, -0.2) is 24.0 Å². The Morgan fingerprint density at radius 1 is 1.41 bits per heavy atom. The maximum absolute atomic E-state index is 12.4. The third kappa shape index (κ3) is 4.24. The van der Waals surface area contributed by atoms with E-state index in [0.29, 0.717) is 6.04 Å². The largest absolute Gasteiger partial charge is 0.352 e. The zero-order chi connectivity index (χ0) is 14.8. The number of halogens is 1. The van der Waals surface area contributed by atoms with E-state index < -0.39 is 0 Å². The van der Waals surface area contributed by atoms with Crippen LogP contribution in [0.1, 0.15) is 48.8 Å². The van der Waals surface area contributed by atoms with Gasteiger partial charge in [0.2, 0.25) is 5.91 Å². The molecule has 2 aliphatic rings. The fraction of sp³-hybridized carbons (Fsp3) is 0.706. The first-order valence-corrected chi connectivity index (χ1v) is 9.05. The van der Waals surface area contributed by atoms with E-state index in [1.807, 2.05) is 11.3 Å². The molecule has 5 heteroatoms. The van der Waals surface area contributed by atoms with Crippen LogP contribution < -0.4 is 10.6 Å². The van der Waals surface area contributed by atoms with Gasteiger partial charge >= 0.3 is 0 Å². The van der Waals surface area contributed by atoms with Crippen molar-refractivity contribution in [3.63, 3.8) is 0 Å². The molecule has 4 unspecified atom stereocenters. The summed E-state index contributed by atoms with van der Waals surface area (Å²) in [4.78, 5) is 15.1. The van der Waals surface area contributed by atoms with Gasteiger partial charge in [0, 0.05) is 28.3 Å². The minimum Gasteiger partial charge on any atom is -0.352 e. The minimum atomic E-state index is 0. The summed E-state index contributed by atoms with van der Waals surface area (Å²) >= 11 is 1.82. The van der Waals surface area contributed by atoms with Gasteiger partial charge in [0.1, 0.15) is 0 Å². The fourth-order valence-electron chi connectivity index (χ4n) is 3.81. The van der Waals surface area contributed by atoms with Crippen LogP contribution in [0.25, 0.3) is 0 Å². The molecule has 124 valence electrons. The van der Waals surface area contributed by atoms with Crippen LogP contribution in [0.3, 0.4) is 0 Å². The van der Waals surface area contributed by atoms with E-state index in [1.54, 1.807) is 0 Å². The molecule has 0 aromatic carbocycles. The molecule has 1 saturated heterocycles. The Morgan fingerprint density at radius 3 is 2.86 bits per heavy atom. The van der Waals surface area contributed by atoms with Crippen LogP contribution in [0.15, 0.2) is 12.1 Å². The quantitative estimate of drug-likeness (QED) is 0.880. The Balaban J connectivity index is 0.00000176. The molecule has 1 aliphatic carbocycles. The Labute approximate surface area is 143 Å². The molecule has 0 radical (unpaired) electrons. The van der Waals surface area contributed by atoms with Crippen molar-refractivity contribution in [2.45, 2.75) is 70.5 Å². The third-order valence-corrected chi connectivity index (χ3v) is 5.89. The van der Waals surface area contributed by atoms with Gasteiger partial charge in [-0.2, -0.15) is 0 Å². The lowest BCUT2D eigenvalue weighted by atomic mass is 9.85. The van der Waals surface area contributed by atoms with Gasteiger partial charge in [-0.1, -0.05) is 12.8 Å². The van der Waals surface area contributed by atoms with Gasteiger partial charge in [0.05, 0.1) is 6.04 Å². The van der Waals surface area contributed by atoms with Crippen molar-refractivity contribution in [2.75, 3.05) is 0 Å². The number of amides is 1. The summed E-state index contributed by atoms with van der Waals surface area (Å²) in [5.74, 6) is 0.926. The second kappa shape index (κ2) is 7.80. The first kappa shape index (κ1) is 17.8. The van der Waals surface area contributed by atoms with Crippen LogP contribution in [0, 0.1) is 12.8 Å². The smallest absolute Gasteiger partial charge is 0.237 e. The fourth-order valence-corrected chi connectivity index (χ4v) is 4.83. The van der Waals surface area contributed by atoms with Gasteiger partial charge in [-0.05, 0) is 51.2 Å². The zero-order valence-electron chi connectivity index (χ0n) is 13.4. The average molecular weight is 343 g/mol. The lowest BCUT2D eigenvalue weighted by molar-refractivity contribution is -0.123. The van der Waals surface area contributed by atoms with Crippen molar-refractivity contribution in [1.82, 2.24) is 10.6 Å². The number of hydrogen-bond donors (Lipinski definition) is 2. The molecule has 2 heterocycles. The Bertz CT molecular complexity index is 491. The molecule has 1 aromatic heterocycles. The molecule has 0 spiro atoms. The molecule has 2 fully saturated rings. The minimum absolute atomic E-state index is 0. The third-order valence-electron chi connectivity index (χ3n) is 4.87. The number of rotatable bonds is 4. The first-order chi connectivity index (χ1) is 10.1. The first-order valence-electron chi connectivity index (χ1n) is 8.23. The average Bonchev–Trinajstić information content (AvgIpc) is 3.04. The molecule has 1 saturated carbocycles. The molecule has 22 heavy (non-hydrogen) atoms. The Kier molecular flexibility index (Phi) is 6.30. The zero-order valence-corrected chi connectivity index (χ0v) is 15.1. The molecule has 4 atom stereocenters. The second-order valence-corrected chi connectivity index (χ2v) is 8.10. The van der Waals surface area contributed by atoms with Crippen molar-refractivity contribution in [2.24, 2.45) is 5.92 Å². The maximum atomic E-state index is 12.4. The predicted octanol–water partition coefficient (Wildman–Crippen LogP) is 3.45. The highest BCUT2D eigenvalue weighted by Gasteiger charge is 2.38. The summed E-state index contributed by atoms with van der Waals surface area (Å²) in [6, 6.07) is 5.15. The van der Waals surface area contributed by atoms with Crippen molar-refractivity contribution in [3.05, 3.63) is 21.9 Å². The number of hydrogen-bond acceptors (Lipinski definition) is 3. The second-order valence-electron chi connectivity index (χ2n) is 6.73. The summed E-state index contributed by atoms with van der Waals surface area (Å²) in [5, 5.41) is 6.75. The van der Waals surface area contributed by atoms with Gasteiger partial charge in [0.25, 0.3) is 0 Å². The normalized spacial score (nSPS) is 28.5. The Hall–Kier alpha value is -0.580. The van der Waals surface area contributed by atoms with Crippen LogP contribution >= 0.6 is 23.7 Å². The summed E-state index contributed by atoms with van der Waals surface area (Å²) in [6.45, 7) is 4.23. The van der Waals surface area contributed by atoms with Crippen molar-refractivity contribution in [1.29, 1.82) is 0 Å². The number of thiophene rings is 1. The van der Waals surface area contributed by atoms with Crippen LogP contribution in [0.5, 0.6) is 0 Å². The summed E-state index contributed by atoms with van der Waals surface area (Å²) in [5.41, 5.74) is 0.